The van der Waals surface area contributed by atoms with E-state index in [0.29, 0.717) is 6.42 Å². The minimum Gasteiger partial charge on any atom is -0.341 e. The van der Waals surface area contributed by atoms with Crippen LogP contribution in [-0.4, -0.2) is 29.9 Å². The second-order valence-corrected chi connectivity index (χ2v) is 4.62. The lowest BCUT2D eigenvalue weighted by molar-refractivity contribution is -0.133. The number of nitrogens with two attached hydrogens (primary N) is 1. The topological polar surface area (TPSA) is 46.3 Å². The Hall–Kier alpha value is -0.570. The largest absolute Gasteiger partial charge is 0.341 e. The first-order valence-corrected chi connectivity index (χ1v) is 6.18. The Morgan fingerprint density at radius 1 is 1.40 bits per heavy atom. The monoisotopic (exact) mass is 212 g/mol. The summed E-state index contributed by atoms with van der Waals surface area (Å²) in [5, 5.41) is 0. The normalized spacial score (nSPS) is 26.3. The first-order chi connectivity index (χ1) is 7.16. The SMILES string of the molecule is CCCCC(=O)N(C)C1CCCCC1N. The van der Waals surface area contributed by atoms with E-state index in [9.17, 15) is 4.79 Å². The summed E-state index contributed by atoms with van der Waals surface area (Å²) in [6, 6.07) is 0.470. The molecule has 3 nitrogen and oxygen atoms in total. The van der Waals surface area contributed by atoms with E-state index in [1.54, 1.807) is 0 Å². The van der Waals surface area contributed by atoms with Gasteiger partial charge in [0.25, 0.3) is 0 Å². The summed E-state index contributed by atoms with van der Waals surface area (Å²) in [7, 11) is 1.91. The van der Waals surface area contributed by atoms with Gasteiger partial charge in [-0.1, -0.05) is 26.2 Å². The van der Waals surface area contributed by atoms with Crippen LogP contribution in [0.3, 0.4) is 0 Å². The quantitative estimate of drug-likeness (QED) is 0.773. The molecule has 15 heavy (non-hydrogen) atoms. The molecule has 0 aromatic rings. The van der Waals surface area contributed by atoms with Gasteiger partial charge in [0.15, 0.2) is 0 Å². The smallest absolute Gasteiger partial charge is 0.222 e. The standard InChI is InChI=1S/C12H24N2O/c1-3-4-9-12(15)14(2)11-8-6-5-7-10(11)13/h10-11H,3-9,13H2,1-2H3. The maximum absolute atomic E-state index is 11.8. The molecule has 3 heteroatoms. The zero-order valence-electron chi connectivity index (χ0n) is 10.0. The Kier molecular flexibility index (Phi) is 5.09. The molecule has 2 unspecified atom stereocenters. The van der Waals surface area contributed by atoms with E-state index in [0.717, 1.165) is 25.7 Å². The summed E-state index contributed by atoms with van der Waals surface area (Å²) >= 11 is 0. The van der Waals surface area contributed by atoms with Gasteiger partial charge in [0.1, 0.15) is 0 Å². The van der Waals surface area contributed by atoms with Crippen LogP contribution in [-0.2, 0) is 4.79 Å². The van der Waals surface area contributed by atoms with Gasteiger partial charge in [-0.2, -0.15) is 0 Å². The minimum atomic E-state index is 0.189. The Bertz CT molecular complexity index is 206. The second kappa shape index (κ2) is 6.11. The van der Waals surface area contributed by atoms with Gasteiger partial charge in [-0.05, 0) is 19.3 Å². The molecule has 1 rings (SSSR count). The zero-order valence-corrected chi connectivity index (χ0v) is 10.0. The summed E-state index contributed by atoms with van der Waals surface area (Å²) in [5.41, 5.74) is 6.05. The molecule has 88 valence electrons. The van der Waals surface area contributed by atoms with Crippen molar-refractivity contribution in [1.82, 2.24) is 4.90 Å². The number of rotatable bonds is 4. The summed E-state index contributed by atoms with van der Waals surface area (Å²) in [6.07, 6.45) is 7.32. The van der Waals surface area contributed by atoms with Gasteiger partial charge in [-0.3, -0.25) is 4.79 Å². The predicted octanol–water partition coefficient (Wildman–Crippen LogP) is 1.90. The predicted molar refractivity (Wildman–Crippen MR) is 62.5 cm³/mol. The summed E-state index contributed by atoms with van der Waals surface area (Å²) in [5.74, 6) is 0.263. The van der Waals surface area contributed by atoms with Gasteiger partial charge >= 0.3 is 0 Å². The lowest BCUT2D eigenvalue weighted by atomic mass is 9.90. The molecule has 1 saturated carbocycles. The maximum atomic E-state index is 11.8. The molecule has 1 fully saturated rings. The fraction of sp³-hybridized carbons (Fsp3) is 0.917. The molecule has 0 saturated heterocycles. The highest BCUT2D eigenvalue weighted by atomic mass is 16.2. The third kappa shape index (κ3) is 3.49. The highest BCUT2D eigenvalue weighted by molar-refractivity contribution is 5.76. The first kappa shape index (κ1) is 12.5. The van der Waals surface area contributed by atoms with E-state index in [2.05, 4.69) is 6.92 Å². The van der Waals surface area contributed by atoms with Crippen molar-refractivity contribution in [2.45, 2.75) is 64.0 Å². The van der Waals surface area contributed by atoms with Crippen LogP contribution >= 0.6 is 0 Å². The first-order valence-electron chi connectivity index (χ1n) is 6.18. The molecule has 0 bridgehead atoms. The van der Waals surface area contributed by atoms with E-state index in [-0.39, 0.29) is 18.0 Å². The van der Waals surface area contributed by atoms with Crippen molar-refractivity contribution < 1.29 is 4.79 Å². The molecule has 2 N–H and O–H groups in total. The summed E-state index contributed by atoms with van der Waals surface area (Å²) in [6.45, 7) is 2.11. The molecule has 1 aliphatic rings. The van der Waals surface area contributed by atoms with Crippen molar-refractivity contribution in [2.75, 3.05) is 7.05 Å². The van der Waals surface area contributed by atoms with Gasteiger partial charge in [0, 0.05) is 25.6 Å². The van der Waals surface area contributed by atoms with Crippen LogP contribution in [0.2, 0.25) is 0 Å². The third-order valence-electron chi connectivity index (χ3n) is 3.42. The Morgan fingerprint density at radius 3 is 2.67 bits per heavy atom. The Balaban J connectivity index is 2.42. The molecule has 0 aromatic heterocycles. The second-order valence-electron chi connectivity index (χ2n) is 4.62. The van der Waals surface area contributed by atoms with Crippen LogP contribution < -0.4 is 5.73 Å². The lowest BCUT2D eigenvalue weighted by Gasteiger charge is -2.36. The van der Waals surface area contributed by atoms with Crippen LogP contribution in [0.25, 0.3) is 0 Å². The molecule has 0 spiro atoms. The number of unbranched alkanes of at least 4 members (excludes halogenated alkanes) is 1. The molecule has 0 heterocycles. The van der Waals surface area contributed by atoms with Crippen LogP contribution in [0.4, 0.5) is 0 Å². The van der Waals surface area contributed by atoms with Crippen molar-refractivity contribution in [3.8, 4) is 0 Å². The number of carbonyl (C=O) groups is 1. The molecule has 0 radical (unpaired) electrons. The average Bonchev–Trinajstić information content (AvgIpc) is 2.25. The maximum Gasteiger partial charge on any atom is 0.222 e. The van der Waals surface area contributed by atoms with Gasteiger partial charge in [-0.25, -0.2) is 0 Å². The molecular formula is C12H24N2O. The number of amides is 1. The lowest BCUT2D eigenvalue weighted by Crippen LogP contribution is -2.50. The van der Waals surface area contributed by atoms with E-state index in [1.807, 2.05) is 11.9 Å². The number of likely N-dealkylation sites (N-methyl/N-ethyl adjacent to an activating group) is 1. The van der Waals surface area contributed by atoms with Crippen LogP contribution in [0.1, 0.15) is 51.9 Å². The summed E-state index contributed by atoms with van der Waals surface area (Å²) in [4.78, 5) is 13.7. The van der Waals surface area contributed by atoms with Crippen molar-refractivity contribution >= 4 is 5.91 Å². The van der Waals surface area contributed by atoms with E-state index >= 15 is 0 Å². The molecule has 1 aliphatic carbocycles. The average molecular weight is 212 g/mol. The zero-order chi connectivity index (χ0) is 11.3. The van der Waals surface area contributed by atoms with Gasteiger partial charge in [0.2, 0.25) is 5.91 Å². The van der Waals surface area contributed by atoms with Crippen molar-refractivity contribution in [1.29, 1.82) is 0 Å². The molecule has 0 aliphatic heterocycles. The van der Waals surface area contributed by atoms with Crippen molar-refractivity contribution in [3.63, 3.8) is 0 Å². The molecular weight excluding hydrogens is 188 g/mol. The van der Waals surface area contributed by atoms with Gasteiger partial charge in [0.05, 0.1) is 0 Å². The summed E-state index contributed by atoms with van der Waals surface area (Å²) < 4.78 is 0. The third-order valence-corrected chi connectivity index (χ3v) is 3.42. The van der Waals surface area contributed by atoms with E-state index in [1.165, 1.54) is 12.8 Å². The van der Waals surface area contributed by atoms with E-state index < -0.39 is 0 Å². The fourth-order valence-electron chi connectivity index (χ4n) is 2.31. The van der Waals surface area contributed by atoms with Crippen molar-refractivity contribution in [3.05, 3.63) is 0 Å². The fourth-order valence-corrected chi connectivity index (χ4v) is 2.31. The Morgan fingerprint density at radius 2 is 2.07 bits per heavy atom. The number of hydrogen-bond donors (Lipinski definition) is 1. The highest BCUT2D eigenvalue weighted by Crippen LogP contribution is 2.21. The van der Waals surface area contributed by atoms with Crippen molar-refractivity contribution in [2.24, 2.45) is 5.73 Å². The van der Waals surface area contributed by atoms with Crippen LogP contribution in [0.5, 0.6) is 0 Å². The Labute approximate surface area is 93.0 Å². The van der Waals surface area contributed by atoms with Gasteiger partial charge < -0.3 is 10.6 Å². The molecule has 2 atom stereocenters. The molecule has 1 amide bonds. The van der Waals surface area contributed by atoms with E-state index in [4.69, 9.17) is 5.73 Å². The molecule has 0 aromatic carbocycles. The highest BCUT2D eigenvalue weighted by Gasteiger charge is 2.27. The van der Waals surface area contributed by atoms with Gasteiger partial charge in [-0.15, -0.1) is 0 Å². The van der Waals surface area contributed by atoms with Crippen LogP contribution in [0, 0.1) is 0 Å². The minimum absolute atomic E-state index is 0.189. The number of carbonyl (C=O) groups excluding carboxylic acids is 1. The van der Waals surface area contributed by atoms with Crippen LogP contribution in [0.15, 0.2) is 0 Å². The number of hydrogen-bond acceptors (Lipinski definition) is 2. The number of nitrogens with zero attached hydrogens (tertiary/aromatic N) is 1.